The largest absolute Gasteiger partial charge is 0.465 e. The van der Waals surface area contributed by atoms with Gasteiger partial charge < -0.3 is 25.8 Å². The Morgan fingerprint density at radius 2 is 2.12 bits per heavy atom. The molecule has 94 valence electrons. The topological polar surface area (TPSA) is 82.6 Å². The second kappa shape index (κ2) is 11.8. The molecule has 6 nitrogen and oxygen atoms in total. The van der Waals surface area contributed by atoms with Crippen LogP contribution in [0.1, 0.15) is 6.42 Å². The molecule has 0 fully saturated rings. The van der Waals surface area contributed by atoms with Crippen molar-refractivity contribution < 1.29 is 14.6 Å². The molecular weight excluding hydrogens is 210 g/mol. The molecule has 0 saturated heterocycles. The predicted molar refractivity (Wildman–Crippen MR) is 62.5 cm³/mol. The first-order valence-electron chi connectivity index (χ1n) is 5.32. The van der Waals surface area contributed by atoms with E-state index in [2.05, 4.69) is 16.0 Å². The summed E-state index contributed by atoms with van der Waals surface area (Å²) in [6, 6.07) is 0. The summed E-state index contributed by atoms with van der Waals surface area (Å²) in [5.74, 6) is 0. The molecular formula is C10H21N3O3. The lowest BCUT2D eigenvalue weighted by atomic mass is 10.4. The third kappa shape index (κ3) is 12.7. The number of nitrogens with one attached hydrogen (secondary N) is 3. The van der Waals surface area contributed by atoms with Gasteiger partial charge in [0.15, 0.2) is 0 Å². The summed E-state index contributed by atoms with van der Waals surface area (Å²) >= 11 is 0. The summed E-state index contributed by atoms with van der Waals surface area (Å²) in [6.07, 6.45) is 3.79. The lowest BCUT2D eigenvalue weighted by molar-refractivity contribution is 0.194. The Morgan fingerprint density at radius 1 is 1.31 bits per heavy atom. The van der Waals surface area contributed by atoms with E-state index < -0.39 is 6.09 Å². The molecule has 0 aliphatic heterocycles. The normalized spacial score (nSPS) is 10.6. The van der Waals surface area contributed by atoms with Crippen LogP contribution in [0.2, 0.25) is 0 Å². The molecule has 0 aromatic carbocycles. The second-order valence-electron chi connectivity index (χ2n) is 3.15. The van der Waals surface area contributed by atoms with E-state index in [1.807, 2.05) is 12.3 Å². The van der Waals surface area contributed by atoms with Crippen molar-refractivity contribution in [3.8, 4) is 0 Å². The molecule has 0 unspecified atom stereocenters. The molecule has 16 heavy (non-hydrogen) atoms. The number of hydrogen-bond donors (Lipinski definition) is 4. The lowest BCUT2D eigenvalue weighted by Crippen LogP contribution is -2.31. The molecule has 6 heteroatoms. The maximum atomic E-state index is 10.1. The Labute approximate surface area is 96.1 Å². The monoisotopic (exact) mass is 231 g/mol. The van der Waals surface area contributed by atoms with Crippen LogP contribution in [-0.2, 0) is 4.74 Å². The third-order valence-electron chi connectivity index (χ3n) is 1.75. The van der Waals surface area contributed by atoms with E-state index in [1.54, 1.807) is 7.11 Å². The fraction of sp³-hybridized carbons (Fsp3) is 0.700. The van der Waals surface area contributed by atoms with Crippen LogP contribution in [0.15, 0.2) is 12.3 Å². The van der Waals surface area contributed by atoms with Gasteiger partial charge in [-0.2, -0.15) is 0 Å². The van der Waals surface area contributed by atoms with Crippen LogP contribution >= 0.6 is 0 Å². The summed E-state index contributed by atoms with van der Waals surface area (Å²) in [7, 11) is 1.65. The number of amides is 1. The molecule has 1 amide bonds. The molecule has 0 rings (SSSR count). The number of hydrogen-bond acceptors (Lipinski definition) is 4. The van der Waals surface area contributed by atoms with Crippen molar-refractivity contribution in [2.24, 2.45) is 0 Å². The molecule has 0 atom stereocenters. The van der Waals surface area contributed by atoms with E-state index in [1.165, 1.54) is 0 Å². The van der Waals surface area contributed by atoms with Gasteiger partial charge in [-0.3, -0.25) is 0 Å². The van der Waals surface area contributed by atoms with Crippen molar-refractivity contribution in [1.29, 1.82) is 0 Å². The predicted octanol–water partition coefficient (Wildman–Crippen LogP) is -0.0166. The van der Waals surface area contributed by atoms with E-state index >= 15 is 0 Å². The lowest BCUT2D eigenvalue weighted by Gasteiger charge is -2.04. The highest BCUT2D eigenvalue weighted by Crippen LogP contribution is 1.75. The van der Waals surface area contributed by atoms with Gasteiger partial charge in [0.25, 0.3) is 0 Å². The zero-order valence-corrected chi connectivity index (χ0v) is 9.66. The van der Waals surface area contributed by atoms with Crippen LogP contribution in [0.5, 0.6) is 0 Å². The number of rotatable bonds is 10. The van der Waals surface area contributed by atoms with Crippen LogP contribution in [-0.4, -0.2) is 51.1 Å². The standard InChI is InChI=1S/C10H21N3O3/c1-16-9-3-6-11-4-2-5-12-7-8-13-10(14)15/h3,6,11-13H,2,4-5,7-9H2,1H3,(H,14,15)/b6-3+. The highest BCUT2D eigenvalue weighted by atomic mass is 16.5. The number of methoxy groups -OCH3 is 1. The van der Waals surface area contributed by atoms with Crippen LogP contribution in [0.3, 0.4) is 0 Å². The van der Waals surface area contributed by atoms with Crippen molar-refractivity contribution in [3.05, 3.63) is 12.3 Å². The van der Waals surface area contributed by atoms with Crippen molar-refractivity contribution >= 4 is 6.09 Å². The Balaban J connectivity index is 3.01. The minimum Gasteiger partial charge on any atom is -0.465 e. The molecule has 0 aliphatic rings. The Morgan fingerprint density at radius 3 is 2.81 bits per heavy atom. The molecule has 0 saturated carbocycles. The first kappa shape index (κ1) is 14.7. The highest BCUT2D eigenvalue weighted by molar-refractivity contribution is 5.64. The molecule has 0 aromatic rings. The minimum atomic E-state index is -0.980. The van der Waals surface area contributed by atoms with Gasteiger partial charge in [-0.25, -0.2) is 4.79 Å². The number of ether oxygens (including phenoxy) is 1. The van der Waals surface area contributed by atoms with Crippen LogP contribution in [0.25, 0.3) is 0 Å². The fourth-order valence-electron chi connectivity index (χ4n) is 1.01. The maximum absolute atomic E-state index is 10.1. The summed E-state index contributed by atoms with van der Waals surface area (Å²) < 4.78 is 4.84. The van der Waals surface area contributed by atoms with E-state index in [4.69, 9.17) is 9.84 Å². The zero-order chi connectivity index (χ0) is 12.1. The molecule has 0 aliphatic carbocycles. The van der Waals surface area contributed by atoms with Gasteiger partial charge in [0.05, 0.1) is 6.61 Å². The third-order valence-corrected chi connectivity index (χ3v) is 1.75. The van der Waals surface area contributed by atoms with Gasteiger partial charge in [0.1, 0.15) is 0 Å². The molecule has 0 spiro atoms. The second-order valence-corrected chi connectivity index (χ2v) is 3.15. The van der Waals surface area contributed by atoms with Crippen molar-refractivity contribution in [3.63, 3.8) is 0 Å². The smallest absolute Gasteiger partial charge is 0.404 e. The van der Waals surface area contributed by atoms with E-state index in [0.717, 1.165) is 19.5 Å². The van der Waals surface area contributed by atoms with E-state index in [0.29, 0.717) is 19.7 Å². The number of carbonyl (C=O) groups is 1. The van der Waals surface area contributed by atoms with E-state index in [-0.39, 0.29) is 0 Å². The van der Waals surface area contributed by atoms with Crippen LogP contribution in [0, 0.1) is 0 Å². The first-order chi connectivity index (χ1) is 7.77. The maximum Gasteiger partial charge on any atom is 0.404 e. The van der Waals surface area contributed by atoms with Gasteiger partial charge in [-0.05, 0) is 25.2 Å². The molecule has 0 radical (unpaired) electrons. The Bertz CT molecular complexity index is 198. The van der Waals surface area contributed by atoms with Crippen LogP contribution in [0.4, 0.5) is 4.79 Å². The van der Waals surface area contributed by atoms with Crippen LogP contribution < -0.4 is 16.0 Å². The van der Waals surface area contributed by atoms with E-state index in [9.17, 15) is 4.79 Å². The van der Waals surface area contributed by atoms with Crippen molar-refractivity contribution in [2.45, 2.75) is 6.42 Å². The SMILES string of the molecule is COC/C=C/NCCCNCCNC(=O)O. The average Bonchev–Trinajstić information content (AvgIpc) is 2.25. The van der Waals surface area contributed by atoms with Crippen molar-refractivity contribution in [2.75, 3.05) is 39.9 Å². The molecule has 0 aromatic heterocycles. The quantitative estimate of drug-likeness (QED) is 0.397. The Hall–Kier alpha value is -1.27. The minimum absolute atomic E-state index is 0.441. The summed E-state index contributed by atoms with van der Waals surface area (Å²) in [5.41, 5.74) is 0. The summed E-state index contributed by atoms with van der Waals surface area (Å²) in [6.45, 7) is 3.47. The number of carboxylic acid groups (broad SMARTS) is 1. The highest BCUT2D eigenvalue weighted by Gasteiger charge is 1.91. The van der Waals surface area contributed by atoms with Gasteiger partial charge >= 0.3 is 6.09 Å². The molecule has 4 N–H and O–H groups in total. The average molecular weight is 231 g/mol. The van der Waals surface area contributed by atoms with Gasteiger partial charge in [0, 0.05) is 26.7 Å². The van der Waals surface area contributed by atoms with Gasteiger partial charge in [0.2, 0.25) is 0 Å². The molecule has 0 heterocycles. The Kier molecular flexibility index (Phi) is 10.9. The molecule has 0 bridgehead atoms. The van der Waals surface area contributed by atoms with Crippen molar-refractivity contribution in [1.82, 2.24) is 16.0 Å². The summed E-state index contributed by atoms with van der Waals surface area (Å²) in [4.78, 5) is 10.1. The first-order valence-corrected chi connectivity index (χ1v) is 5.32. The van der Waals surface area contributed by atoms with Gasteiger partial charge in [-0.15, -0.1) is 0 Å². The fourth-order valence-corrected chi connectivity index (χ4v) is 1.01. The van der Waals surface area contributed by atoms with Gasteiger partial charge in [-0.1, -0.05) is 0 Å². The zero-order valence-electron chi connectivity index (χ0n) is 9.66. The summed E-state index contributed by atoms with van der Waals surface area (Å²) in [5, 5.41) is 16.8.